The topological polar surface area (TPSA) is 102 Å². The minimum absolute atomic E-state index is 0.111. The Balaban J connectivity index is 1.60. The zero-order valence-electron chi connectivity index (χ0n) is 17.3. The second-order valence-electron chi connectivity index (χ2n) is 7.64. The van der Waals surface area contributed by atoms with E-state index in [0.29, 0.717) is 22.8 Å². The van der Waals surface area contributed by atoms with Gasteiger partial charge in [-0.3, -0.25) is 14.6 Å². The summed E-state index contributed by atoms with van der Waals surface area (Å²) in [5.74, 6) is -0.207. The Kier molecular flexibility index (Phi) is 5.45. The lowest BCUT2D eigenvalue weighted by atomic mass is 9.99. The number of hydrogen-bond donors (Lipinski definition) is 2. The van der Waals surface area contributed by atoms with Gasteiger partial charge in [-0.05, 0) is 29.7 Å². The molecule has 6 heteroatoms. The third-order valence-electron chi connectivity index (χ3n) is 5.16. The molecule has 0 saturated carbocycles. The molecular weight excluding hydrogens is 388 g/mol. The number of nitrogens with two attached hydrogens (primary N) is 1. The molecule has 3 aromatic heterocycles. The zero-order valence-corrected chi connectivity index (χ0v) is 17.3. The van der Waals surface area contributed by atoms with Crippen molar-refractivity contribution in [3.8, 4) is 11.1 Å². The normalized spacial score (nSPS) is 11.5. The highest BCUT2D eigenvalue weighted by molar-refractivity contribution is 6.07. The van der Waals surface area contributed by atoms with Gasteiger partial charge in [0.15, 0.2) is 0 Å². The van der Waals surface area contributed by atoms with E-state index in [9.17, 15) is 9.59 Å². The molecule has 4 rings (SSSR count). The van der Waals surface area contributed by atoms with Crippen molar-refractivity contribution in [1.29, 1.82) is 0 Å². The van der Waals surface area contributed by atoms with Crippen LogP contribution in [0.25, 0.3) is 28.2 Å². The van der Waals surface area contributed by atoms with E-state index in [4.69, 9.17) is 5.73 Å². The number of carbonyl (C=O) groups excluding carboxylic acids is 2. The van der Waals surface area contributed by atoms with E-state index < -0.39 is 5.91 Å². The molecular formula is C25H22N4O2. The fourth-order valence-corrected chi connectivity index (χ4v) is 3.36. The number of hydrogen-bond acceptors (Lipinski definition) is 4. The molecule has 0 spiro atoms. The lowest BCUT2D eigenvalue weighted by molar-refractivity contribution is -0.113. The third-order valence-corrected chi connectivity index (χ3v) is 5.16. The average molecular weight is 410 g/mol. The maximum absolute atomic E-state index is 12.8. The van der Waals surface area contributed by atoms with Crippen LogP contribution < -0.4 is 5.73 Å². The smallest absolute Gasteiger partial charge is 0.241 e. The van der Waals surface area contributed by atoms with Crippen molar-refractivity contribution < 1.29 is 9.59 Å². The first-order valence-electron chi connectivity index (χ1n) is 9.98. The molecule has 1 aromatic carbocycles. The van der Waals surface area contributed by atoms with Gasteiger partial charge in [-0.2, -0.15) is 0 Å². The van der Waals surface area contributed by atoms with Crippen molar-refractivity contribution in [3.05, 3.63) is 89.5 Å². The predicted octanol–water partition coefficient (Wildman–Crippen LogP) is 4.48. The summed E-state index contributed by atoms with van der Waals surface area (Å²) >= 11 is 0. The van der Waals surface area contributed by atoms with Gasteiger partial charge in [0.2, 0.25) is 11.7 Å². The number of H-pyrrole nitrogens is 1. The Morgan fingerprint density at radius 3 is 2.39 bits per heavy atom. The lowest BCUT2D eigenvalue weighted by Crippen LogP contribution is -2.04. The number of nitrogens with zero attached hydrogens (tertiary/aromatic N) is 2. The summed E-state index contributed by atoms with van der Waals surface area (Å²) < 4.78 is 0. The van der Waals surface area contributed by atoms with Crippen LogP contribution in [-0.4, -0.2) is 26.6 Å². The maximum atomic E-state index is 12.8. The van der Waals surface area contributed by atoms with Crippen LogP contribution in [0.4, 0.5) is 0 Å². The number of fused-ring (bicyclic) bond motifs is 1. The average Bonchev–Trinajstić information content (AvgIpc) is 3.19. The summed E-state index contributed by atoms with van der Waals surface area (Å²) in [4.78, 5) is 35.7. The molecule has 0 unspecified atom stereocenters. The van der Waals surface area contributed by atoms with E-state index in [1.807, 2.05) is 36.4 Å². The van der Waals surface area contributed by atoms with Gasteiger partial charge in [-0.25, -0.2) is 4.98 Å². The minimum Gasteiger partial charge on any atom is -0.366 e. The number of primary amides is 1. The van der Waals surface area contributed by atoms with Gasteiger partial charge in [0, 0.05) is 52.3 Å². The molecule has 154 valence electrons. The summed E-state index contributed by atoms with van der Waals surface area (Å²) in [5, 5.41) is 0.861. The molecule has 4 aromatic rings. The van der Waals surface area contributed by atoms with Crippen LogP contribution in [0.2, 0.25) is 0 Å². The van der Waals surface area contributed by atoms with Crippen molar-refractivity contribution in [1.82, 2.24) is 15.0 Å². The molecule has 3 heterocycles. The molecule has 31 heavy (non-hydrogen) atoms. The lowest BCUT2D eigenvalue weighted by Gasteiger charge is -2.07. The quantitative estimate of drug-likeness (QED) is 0.361. The molecule has 6 nitrogen and oxygen atoms in total. The summed E-state index contributed by atoms with van der Waals surface area (Å²) in [6, 6.07) is 13.2. The van der Waals surface area contributed by atoms with E-state index in [0.717, 1.165) is 22.1 Å². The number of benzene rings is 1. The van der Waals surface area contributed by atoms with Gasteiger partial charge >= 0.3 is 0 Å². The van der Waals surface area contributed by atoms with Crippen LogP contribution >= 0.6 is 0 Å². The number of aromatic nitrogens is 3. The number of nitrogens with one attached hydrogen (secondary N) is 1. The number of rotatable bonds is 6. The van der Waals surface area contributed by atoms with Gasteiger partial charge < -0.3 is 10.7 Å². The highest BCUT2D eigenvalue weighted by atomic mass is 16.1. The summed E-state index contributed by atoms with van der Waals surface area (Å²) in [6.07, 6.45) is 8.14. The van der Waals surface area contributed by atoms with Crippen LogP contribution in [-0.2, 0) is 4.79 Å². The summed E-state index contributed by atoms with van der Waals surface area (Å²) in [5.41, 5.74) is 10.6. The van der Waals surface area contributed by atoms with Crippen molar-refractivity contribution in [2.24, 2.45) is 5.73 Å². The fraction of sp³-hybridized carbons (Fsp3) is 0.120. The molecule has 1 amide bonds. The van der Waals surface area contributed by atoms with E-state index in [-0.39, 0.29) is 5.78 Å². The van der Waals surface area contributed by atoms with Crippen molar-refractivity contribution in [2.75, 3.05) is 0 Å². The molecule has 0 aliphatic rings. The number of carbonyl (C=O) groups is 2. The van der Waals surface area contributed by atoms with Crippen LogP contribution in [0, 0.1) is 0 Å². The second kappa shape index (κ2) is 8.36. The number of aromatic amines is 1. The molecule has 0 aliphatic heterocycles. The van der Waals surface area contributed by atoms with E-state index >= 15 is 0 Å². The van der Waals surface area contributed by atoms with Crippen LogP contribution in [0.3, 0.4) is 0 Å². The summed E-state index contributed by atoms with van der Waals surface area (Å²) in [6.45, 7) is 4.24. The first-order chi connectivity index (χ1) is 14.9. The maximum Gasteiger partial charge on any atom is 0.241 e. The largest absolute Gasteiger partial charge is 0.366 e. The standard InChI is InChI=1S/C25H22N4O2/c1-15(2)16-3-5-17(6-4-16)24(31)22-9-7-18(12-27-22)20-11-21-19(8-10-23(26)30)13-28-25(21)29-14-20/h3-15H,1-2H3,(H2,26,30)(H,28,29)/b10-8+. The Morgan fingerprint density at radius 2 is 1.74 bits per heavy atom. The van der Waals surface area contributed by atoms with E-state index in [1.54, 1.807) is 30.7 Å². The van der Waals surface area contributed by atoms with Gasteiger partial charge in [0.1, 0.15) is 11.3 Å². The van der Waals surface area contributed by atoms with Crippen LogP contribution in [0.15, 0.2) is 67.1 Å². The SMILES string of the molecule is CC(C)c1ccc(C(=O)c2ccc(-c3cnc4[nH]cc(/C=C/C(N)=O)c4c3)cn2)cc1. The van der Waals surface area contributed by atoms with E-state index in [2.05, 4.69) is 28.8 Å². The van der Waals surface area contributed by atoms with Gasteiger partial charge in [-0.1, -0.05) is 44.2 Å². The monoisotopic (exact) mass is 410 g/mol. The van der Waals surface area contributed by atoms with E-state index in [1.165, 1.54) is 11.6 Å². The first kappa shape index (κ1) is 20.2. The third kappa shape index (κ3) is 4.28. The molecule has 0 atom stereocenters. The molecule has 0 fully saturated rings. The first-order valence-corrected chi connectivity index (χ1v) is 9.98. The molecule has 0 bridgehead atoms. The van der Waals surface area contributed by atoms with Gasteiger partial charge in [0.25, 0.3) is 0 Å². The second-order valence-corrected chi connectivity index (χ2v) is 7.64. The summed E-state index contributed by atoms with van der Waals surface area (Å²) in [7, 11) is 0. The number of pyridine rings is 2. The predicted molar refractivity (Wildman–Crippen MR) is 122 cm³/mol. The highest BCUT2D eigenvalue weighted by Gasteiger charge is 2.12. The fourth-order valence-electron chi connectivity index (χ4n) is 3.36. The van der Waals surface area contributed by atoms with Crippen molar-refractivity contribution in [3.63, 3.8) is 0 Å². The Labute approximate surface area is 179 Å². The number of amides is 1. The Morgan fingerprint density at radius 1 is 1.00 bits per heavy atom. The Bertz CT molecular complexity index is 1280. The Hall–Kier alpha value is -4.06. The van der Waals surface area contributed by atoms with Gasteiger partial charge in [-0.15, -0.1) is 0 Å². The number of ketones is 1. The van der Waals surface area contributed by atoms with Crippen LogP contribution in [0.5, 0.6) is 0 Å². The molecule has 0 aliphatic carbocycles. The minimum atomic E-state index is -0.512. The molecule has 0 saturated heterocycles. The zero-order chi connectivity index (χ0) is 22.0. The van der Waals surface area contributed by atoms with Crippen LogP contribution in [0.1, 0.15) is 46.9 Å². The molecule has 3 N–H and O–H groups in total. The van der Waals surface area contributed by atoms with Gasteiger partial charge in [0.05, 0.1) is 0 Å². The van der Waals surface area contributed by atoms with Crippen molar-refractivity contribution in [2.45, 2.75) is 19.8 Å². The van der Waals surface area contributed by atoms with Crippen molar-refractivity contribution >= 4 is 28.8 Å². The highest BCUT2D eigenvalue weighted by Crippen LogP contribution is 2.25. The molecule has 0 radical (unpaired) electrons.